The average Bonchev–Trinajstić information content (AvgIpc) is 3.19. The monoisotopic (exact) mass is 449 g/mol. The van der Waals surface area contributed by atoms with Crippen molar-refractivity contribution in [1.29, 1.82) is 0 Å². The molecule has 0 aliphatic carbocycles. The van der Waals surface area contributed by atoms with Crippen molar-refractivity contribution in [2.24, 2.45) is 5.92 Å². The highest BCUT2D eigenvalue weighted by Gasteiger charge is 2.16. The Morgan fingerprint density at radius 3 is 2.59 bits per heavy atom. The van der Waals surface area contributed by atoms with Crippen LogP contribution >= 0.6 is 11.3 Å². The summed E-state index contributed by atoms with van der Waals surface area (Å²) in [6.45, 7) is 8.69. The van der Waals surface area contributed by atoms with E-state index in [0.29, 0.717) is 29.4 Å². The molecule has 0 fully saturated rings. The van der Waals surface area contributed by atoms with Gasteiger partial charge in [0, 0.05) is 28.9 Å². The topological polar surface area (TPSA) is 77.0 Å². The number of pyridine rings is 1. The molecule has 0 radical (unpaired) electrons. The van der Waals surface area contributed by atoms with Crippen molar-refractivity contribution in [1.82, 2.24) is 14.5 Å². The molecule has 32 heavy (non-hydrogen) atoms. The van der Waals surface area contributed by atoms with E-state index >= 15 is 0 Å². The Kier molecular flexibility index (Phi) is 6.28. The molecule has 3 aromatic heterocycles. The van der Waals surface area contributed by atoms with Gasteiger partial charge in [-0.3, -0.25) is 14.2 Å². The lowest BCUT2D eigenvalue weighted by Gasteiger charge is -2.12. The number of aromatic amines is 1. The minimum Gasteiger partial charge on any atom is -0.488 e. The number of aromatic nitrogens is 3. The highest BCUT2D eigenvalue weighted by atomic mass is 32.1. The number of H-pyrrole nitrogens is 1. The van der Waals surface area contributed by atoms with Crippen molar-refractivity contribution < 1.29 is 4.74 Å². The van der Waals surface area contributed by atoms with E-state index in [9.17, 15) is 9.59 Å². The second-order valence-corrected chi connectivity index (χ2v) is 9.18. The van der Waals surface area contributed by atoms with Crippen LogP contribution in [0.5, 0.6) is 5.75 Å². The summed E-state index contributed by atoms with van der Waals surface area (Å²) >= 11 is 1.48. The third-order valence-electron chi connectivity index (χ3n) is 5.40. The highest BCUT2D eigenvalue weighted by molar-refractivity contribution is 7.17. The van der Waals surface area contributed by atoms with Gasteiger partial charge >= 0.3 is 0 Å². The van der Waals surface area contributed by atoms with Gasteiger partial charge in [0.05, 0.1) is 18.5 Å². The van der Waals surface area contributed by atoms with Gasteiger partial charge in [0.1, 0.15) is 10.7 Å². The molecule has 0 aliphatic heterocycles. The van der Waals surface area contributed by atoms with Gasteiger partial charge in [-0.05, 0) is 30.4 Å². The first-order valence-corrected chi connectivity index (χ1v) is 11.7. The van der Waals surface area contributed by atoms with Crippen LogP contribution in [-0.2, 0) is 13.0 Å². The van der Waals surface area contributed by atoms with Crippen LogP contribution in [0.3, 0.4) is 0 Å². The molecule has 3 heterocycles. The predicted molar refractivity (Wildman–Crippen MR) is 130 cm³/mol. The van der Waals surface area contributed by atoms with Gasteiger partial charge < -0.3 is 9.72 Å². The summed E-state index contributed by atoms with van der Waals surface area (Å²) in [4.78, 5) is 34.4. The number of rotatable bonds is 7. The first kappa shape index (κ1) is 22.0. The summed E-state index contributed by atoms with van der Waals surface area (Å²) in [6.07, 6.45) is 2.54. The van der Waals surface area contributed by atoms with Crippen molar-refractivity contribution in [3.63, 3.8) is 0 Å². The van der Waals surface area contributed by atoms with Crippen LogP contribution in [0, 0.1) is 12.8 Å². The van der Waals surface area contributed by atoms with Gasteiger partial charge in [0.25, 0.3) is 5.56 Å². The molecule has 0 spiro atoms. The van der Waals surface area contributed by atoms with Crippen molar-refractivity contribution in [2.45, 2.75) is 40.7 Å². The van der Waals surface area contributed by atoms with Crippen molar-refractivity contribution in [3.05, 3.63) is 79.6 Å². The minimum absolute atomic E-state index is 0.107. The van der Waals surface area contributed by atoms with Crippen molar-refractivity contribution in [2.75, 3.05) is 6.61 Å². The Morgan fingerprint density at radius 1 is 1.19 bits per heavy atom. The maximum absolute atomic E-state index is 13.5. The smallest absolute Gasteiger partial charge is 0.263 e. The number of nitrogens with zero attached hydrogens (tertiary/aromatic N) is 2. The van der Waals surface area contributed by atoms with E-state index < -0.39 is 0 Å². The van der Waals surface area contributed by atoms with Crippen LogP contribution in [0.2, 0.25) is 0 Å². The number of ether oxygens (including phenoxy) is 1. The van der Waals surface area contributed by atoms with Crippen LogP contribution in [0.15, 0.2) is 51.5 Å². The molecule has 0 unspecified atom stereocenters. The maximum atomic E-state index is 13.5. The van der Waals surface area contributed by atoms with E-state index in [1.165, 1.54) is 23.0 Å². The number of benzene rings is 1. The molecule has 4 rings (SSSR count). The molecule has 1 N–H and O–H groups in total. The van der Waals surface area contributed by atoms with E-state index in [1.807, 2.05) is 26.2 Å². The Labute approximate surface area is 190 Å². The number of thiophene rings is 1. The zero-order valence-corrected chi connectivity index (χ0v) is 19.6. The molecular formula is C25H27N3O3S. The molecule has 7 heteroatoms. The van der Waals surface area contributed by atoms with E-state index in [1.54, 1.807) is 10.8 Å². The van der Waals surface area contributed by atoms with Crippen molar-refractivity contribution in [3.8, 4) is 16.9 Å². The van der Waals surface area contributed by atoms with Crippen LogP contribution in [0.4, 0.5) is 0 Å². The largest absolute Gasteiger partial charge is 0.488 e. The Bertz CT molecular complexity index is 1360. The molecule has 0 bridgehead atoms. The fraction of sp³-hybridized carbons (Fsp3) is 0.320. The van der Waals surface area contributed by atoms with Gasteiger partial charge in [-0.2, -0.15) is 0 Å². The van der Waals surface area contributed by atoms with Crippen LogP contribution < -0.4 is 15.7 Å². The van der Waals surface area contributed by atoms with Crippen LogP contribution in [0.1, 0.15) is 37.9 Å². The third kappa shape index (κ3) is 4.39. The van der Waals surface area contributed by atoms with E-state index in [-0.39, 0.29) is 23.3 Å². The summed E-state index contributed by atoms with van der Waals surface area (Å²) in [5.41, 5.74) is 3.47. The molecule has 166 valence electrons. The molecular weight excluding hydrogens is 422 g/mol. The molecule has 0 atom stereocenters. The van der Waals surface area contributed by atoms with E-state index in [4.69, 9.17) is 4.74 Å². The van der Waals surface area contributed by atoms with Crippen LogP contribution in [0.25, 0.3) is 21.3 Å². The second kappa shape index (κ2) is 9.12. The zero-order chi connectivity index (χ0) is 22.8. The normalized spacial score (nSPS) is 11.4. The first-order valence-electron chi connectivity index (χ1n) is 10.8. The molecule has 1 aromatic carbocycles. The highest BCUT2D eigenvalue weighted by Crippen LogP contribution is 2.31. The number of hydrogen-bond acceptors (Lipinski definition) is 5. The van der Waals surface area contributed by atoms with E-state index in [2.05, 4.69) is 41.2 Å². The number of fused-ring (bicyclic) bond motifs is 1. The number of aryl methyl sites for hydroxylation is 2. The summed E-state index contributed by atoms with van der Waals surface area (Å²) in [5, 5.41) is 2.61. The Balaban J connectivity index is 1.71. The lowest BCUT2D eigenvalue weighted by atomic mass is 10.0. The molecule has 4 aromatic rings. The van der Waals surface area contributed by atoms with Gasteiger partial charge in [0.15, 0.2) is 5.75 Å². The molecule has 0 amide bonds. The minimum atomic E-state index is -0.202. The standard InChI is InChI=1S/C25H27N3O3S/c1-5-17-6-8-18(9-7-17)20-14-32-24-23(20)25(30)28(16(4)27-24)12-19-10-21(29)22(11-26-19)31-13-15(2)3/h6-11,14-15H,5,12-13H2,1-4H3,(H,26,29). The van der Waals surface area contributed by atoms with Crippen LogP contribution in [-0.4, -0.2) is 21.1 Å². The molecule has 6 nitrogen and oxygen atoms in total. The average molecular weight is 450 g/mol. The van der Waals surface area contributed by atoms with Crippen molar-refractivity contribution >= 4 is 21.6 Å². The second-order valence-electron chi connectivity index (χ2n) is 8.32. The fourth-order valence-electron chi connectivity index (χ4n) is 3.58. The summed E-state index contributed by atoms with van der Waals surface area (Å²) in [7, 11) is 0. The Morgan fingerprint density at radius 2 is 1.94 bits per heavy atom. The SMILES string of the molecule is CCc1ccc(-c2csc3nc(C)n(Cc4cc(=O)c(OCC(C)C)c[nH]4)c(=O)c23)cc1. The van der Waals surface area contributed by atoms with Gasteiger partial charge in [0.2, 0.25) is 5.43 Å². The maximum Gasteiger partial charge on any atom is 0.263 e. The fourth-order valence-corrected chi connectivity index (χ4v) is 4.56. The zero-order valence-electron chi connectivity index (χ0n) is 18.8. The first-order chi connectivity index (χ1) is 15.4. The van der Waals surface area contributed by atoms with E-state index in [0.717, 1.165) is 22.4 Å². The van der Waals surface area contributed by atoms with Gasteiger partial charge in [-0.1, -0.05) is 45.0 Å². The lowest BCUT2D eigenvalue weighted by Crippen LogP contribution is -2.25. The summed E-state index contributed by atoms with van der Waals surface area (Å²) < 4.78 is 7.17. The summed E-state index contributed by atoms with van der Waals surface area (Å²) in [5.74, 6) is 1.22. The third-order valence-corrected chi connectivity index (χ3v) is 6.27. The number of nitrogens with one attached hydrogen (secondary N) is 1. The molecule has 0 aliphatic rings. The Hall–Kier alpha value is -3.19. The number of hydrogen-bond donors (Lipinski definition) is 1. The van der Waals surface area contributed by atoms with Gasteiger partial charge in [-0.15, -0.1) is 11.3 Å². The predicted octanol–water partition coefficient (Wildman–Crippen LogP) is 4.77. The summed E-state index contributed by atoms with van der Waals surface area (Å²) in [6, 6.07) is 9.78. The van der Waals surface area contributed by atoms with Gasteiger partial charge in [-0.25, -0.2) is 4.98 Å². The lowest BCUT2D eigenvalue weighted by molar-refractivity contribution is 0.267. The molecule has 0 saturated carbocycles. The molecule has 0 saturated heterocycles. The quantitative estimate of drug-likeness (QED) is 0.441.